The van der Waals surface area contributed by atoms with Crippen molar-refractivity contribution in [3.05, 3.63) is 57.6 Å². The predicted octanol–water partition coefficient (Wildman–Crippen LogP) is 7.84. The summed E-state index contributed by atoms with van der Waals surface area (Å²) in [4.78, 5) is 10.8. The molecule has 0 bridgehead atoms. The lowest BCUT2D eigenvalue weighted by Crippen LogP contribution is -2.07. The van der Waals surface area contributed by atoms with Crippen LogP contribution < -0.4 is 9.05 Å². The van der Waals surface area contributed by atoms with Crippen molar-refractivity contribution in [2.75, 3.05) is 0 Å². The molecular formula is C26H37O4P. The Labute approximate surface area is 187 Å². The summed E-state index contributed by atoms with van der Waals surface area (Å²) in [7, 11) is -4.36. The number of hydrogen-bond donors (Lipinski definition) is 1. The van der Waals surface area contributed by atoms with Crippen LogP contribution in [0.15, 0.2) is 24.3 Å². The van der Waals surface area contributed by atoms with Crippen molar-refractivity contribution in [2.24, 2.45) is 0 Å². The third-order valence-corrected chi connectivity index (χ3v) is 6.91. The first-order chi connectivity index (χ1) is 14.4. The molecule has 0 saturated carbocycles. The summed E-state index contributed by atoms with van der Waals surface area (Å²) in [5.41, 5.74) is 6.30. The highest BCUT2D eigenvalue weighted by molar-refractivity contribution is 7.48. The molecule has 2 aromatic carbocycles. The van der Waals surface area contributed by atoms with Crippen molar-refractivity contribution in [1.82, 2.24) is 0 Å². The van der Waals surface area contributed by atoms with Crippen LogP contribution in [0.5, 0.6) is 11.5 Å². The molecule has 0 aliphatic carbocycles. The zero-order valence-corrected chi connectivity index (χ0v) is 21.0. The molecule has 0 radical (unpaired) electrons. The van der Waals surface area contributed by atoms with E-state index in [-0.39, 0.29) is 11.8 Å². The average Bonchev–Trinajstić information content (AvgIpc) is 2.71. The van der Waals surface area contributed by atoms with E-state index in [4.69, 9.17) is 9.05 Å². The van der Waals surface area contributed by atoms with E-state index in [0.29, 0.717) is 23.3 Å². The summed E-state index contributed by atoms with van der Waals surface area (Å²) >= 11 is 0. The van der Waals surface area contributed by atoms with Crippen molar-refractivity contribution in [3.63, 3.8) is 0 Å². The fourth-order valence-electron chi connectivity index (χ4n) is 4.11. The van der Waals surface area contributed by atoms with Crippen LogP contribution in [0, 0.1) is 0 Å². The largest absolute Gasteiger partial charge is 0.584 e. The minimum atomic E-state index is -4.36. The number of benzene rings is 2. The highest BCUT2D eigenvalue weighted by atomic mass is 31.2. The van der Waals surface area contributed by atoms with Gasteiger partial charge in [0.1, 0.15) is 11.5 Å². The van der Waals surface area contributed by atoms with Gasteiger partial charge in [-0.05, 0) is 69.9 Å². The van der Waals surface area contributed by atoms with E-state index in [9.17, 15) is 9.46 Å². The van der Waals surface area contributed by atoms with Crippen molar-refractivity contribution in [3.8, 4) is 11.5 Å². The van der Waals surface area contributed by atoms with Crippen LogP contribution in [0.4, 0.5) is 0 Å². The Hall–Kier alpha value is -1.77. The summed E-state index contributed by atoms with van der Waals surface area (Å²) in [6.07, 6.45) is 1.45. The second-order valence-corrected chi connectivity index (χ2v) is 11.3. The number of aryl methyl sites for hydroxylation is 2. The maximum absolute atomic E-state index is 13.2. The minimum Gasteiger partial charge on any atom is -0.395 e. The number of phosphoric ester groups is 1. The standard InChI is InChI=1S/C26H37O4P/c1-15(2)21-11-19-9-10-20-12-22(16(3)4)14-24(18(7)8)26(20)30-31(27,28)29-25(19)23(13-21)17(5)6/h11-18H,9-10H2,1-8H3,(H,27,28). The van der Waals surface area contributed by atoms with Crippen molar-refractivity contribution in [2.45, 2.75) is 91.9 Å². The van der Waals surface area contributed by atoms with Crippen LogP contribution >= 0.6 is 7.82 Å². The van der Waals surface area contributed by atoms with E-state index in [1.54, 1.807) is 0 Å². The number of fused-ring (bicyclic) bond motifs is 2. The Morgan fingerprint density at radius 1 is 0.677 bits per heavy atom. The predicted molar refractivity (Wildman–Crippen MR) is 128 cm³/mol. The smallest absolute Gasteiger partial charge is 0.395 e. The molecule has 0 aromatic heterocycles. The summed E-state index contributed by atoms with van der Waals surface area (Å²) in [5.74, 6) is 2.06. The molecule has 170 valence electrons. The van der Waals surface area contributed by atoms with Gasteiger partial charge < -0.3 is 9.05 Å². The first kappa shape index (κ1) is 23.9. The van der Waals surface area contributed by atoms with E-state index in [1.807, 2.05) is 0 Å². The van der Waals surface area contributed by atoms with E-state index in [0.717, 1.165) is 35.1 Å². The first-order valence-corrected chi connectivity index (χ1v) is 12.9. The van der Waals surface area contributed by atoms with Crippen LogP contribution in [-0.4, -0.2) is 4.89 Å². The number of phosphoric acid groups is 1. The molecule has 0 fully saturated rings. The van der Waals surface area contributed by atoms with Gasteiger partial charge in [-0.25, -0.2) is 4.57 Å². The molecule has 0 amide bonds. The van der Waals surface area contributed by atoms with Crippen LogP contribution in [0.1, 0.15) is 112 Å². The molecule has 2 aromatic rings. The lowest BCUT2D eigenvalue weighted by Gasteiger charge is -2.23. The maximum atomic E-state index is 13.2. The van der Waals surface area contributed by atoms with Gasteiger partial charge in [0.25, 0.3) is 0 Å². The highest BCUT2D eigenvalue weighted by Crippen LogP contribution is 2.52. The lowest BCUT2D eigenvalue weighted by molar-refractivity contribution is 0.287. The van der Waals surface area contributed by atoms with E-state index in [1.165, 1.54) is 11.1 Å². The molecule has 4 nitrogen and oxygen atoms in total. The van der Waals surface area contributed by atoms with Crippen molar-refractivity contribution >= 4 is 7.82 Å². The summed E-state index contributed by atoms with van der Waals surface area (Å²) < 4.78 is 24.8. The van der Waals surface area contributed by atoms with E-state index >= 15 is 0 Å². The van der Waals surface area contributed by atoms with Gasteiger partial charge in [-0.15, -0.1) is 0 Å². The quantitative estimate of drug-likeness (QED) is 0.488. The minimum absolute atomic E-state index is 0.161. The van der Waals surface area contributed by atoms with Gasteiger partial charge in [0.2, 0.25) is 0 Å². The molecular weight excluding hydrogens is 407 g/mol. The fourth-order valence-corrected chi connectivity index (χ4v) is 5.06. The first-order valence-electron chi connectivity index (χ1n) is 11.4. The van der Waals surface area contributed by atoms with Crippen LogP contribution in [0.2, 0.25) is 0 Å². The molecule has 0 saturated heterocycles. The van der Waals surface area contributed by atoms with E-state index in [2.05, 4.69) is 79.7 Å². The Kier molecular flexibility index (Phi) is 6.93. The normalized spacial score (nSPS) is 15.8. The highest BCUT2D eigenvalue weighted by Gasteiger charge is 2.33. The molecule has 1 heterocycles. The topological polar surface area (TPSA) is 55.8 Å². The molecule has 0 unspecified atom stereocenters. The van der Waals surface area contributed by atoms with Crippen LogP contribution in [0.25, 0.3) is 0 Å². The Morgan fingerprint density at radius 3 is 1.32 bits per heavy atom. The maximum Gasteiger partial charge on any atom is 0.584 e. The second kappa shape index (κ2) is 9.00. The molecule has 0 atom stereocenters. The van der Waals surface area contributed by atoms with Gasteiger partial charge in [-0.3, -0.25) is 4.89 Å². The molecule has 5 heteroatoms. The molecule has 31 heavy (non-hydrogen) atoms. The number of rotatable bonds is 4. The Balaban J connectivity index is 2.23. The zero-order valence-electron chi connectivity index (χ0n) is 20.2. The van der Waals surface area contributed by atoms with Crippen molar-refractivity contribution in [1.29, 1.82) is 0 Å². The fraction of sp³-hybridized carbons (Fsp3) is 0.538. The van der Waals surface area contributed by atoms with Gasteiger partial charge in [-0.2, -0.15) is 0 Å². The van der Waals surface area contributed by atoms with Crippen molar-refractivity contribution < 1.29 is 18.5 Å². The summed E-state index contributed by atoms with van der Waals surface area (Å²) in [6, 6.07) is 8.48. The zero-order chi connectivity index (χ0) is 23.1. The van der Waals surface area contributed by atoms with Gasteiger partial charge >= 0.3 is 7.82 Å². The molecule has 1 N–H and O–H groups in total. The molecule has 3 rings (SSSR count). The Bertz CT molecular complexity index is 927. The monoisotopic (exact) mass is 444 g/mol. The van der Waals surface area contributed by atoms with Gasteiger partial charge in [0.05, 0.1) is 0 Å². The SMILES string of the molecule is CC(C)c1cc2c(c(C(C)C)c1)OP(=O)(O)Oc1c(cc(C(C)C)cc1C(C)C)CC2. The lowest BCUT2D eigenvalue weighted by atomic mass is 9.88. The third-order valence-electron chi connectivity index (χ3n) is 6.09. The second-order valence-electron chi connectivity index (χ2n) is 9.97. The van der Waals surface area contributed by atoms with Crippen LogP contribution in [-0.2, 0) is 17.4 Å². The molecule has 0 spiro atoms. The summed E-state index contributed by atoms with van der Waals surface area (Å²) in [6.45, 7) is 17.0. The summed E-state index contributed by atoms with van der Waals surface area (Å²) in [5, 5.41) is 0. The molecule has 1 aliphatic heterocycles. The van der Waals surface area contributed by atoms with Gasteiger partial charge in [0, 0.05) is 0 Å². The van der Waals surface area contributed by atoms with E-state index < -0.39 is 7.82 Å². The van der Waals surface area contributed by atoms with Crippen LogP contribution in [0.3, 0.4) is 0 Å². The Morgan fingerprint density at radius 2 is 1.03 bits per heavy atom. The molecule has 1 aliphatic rings. The van der Waals surface area contributed by atoms with Gasteiger partial charge in [-0.1, -0.05) is 79.7 Å². The third kappa shape index (κ3) is 5.18. The number of hydrogen-bond acceptors (Lipinski definition) is 3. The average molecular weight is 445 g/mol. The van der Waals surface area contributed by atoms with Gasteiger partial charge in [0.15, 0.2) is 0 Å².